The Bertz CT molecular complexity index is 212. The van der Waals surface area contributed by atoms with Crippen LogP contribution in [0.15, 0.2) is 18.2 Å². The van der Waals surface area contributed by atoms with Crippen LogP contribution in [0.3, 0.4) is 0 Å². The fraction of sp³-hybridized carbons (Fsp3) is 0.125. The Labute approximate surface area is 65.3 Å². The third-order valence-electron chi connectivity index (χ3n) is 1.37. The molecule has 0 aromatic heterocycles. The third kappa shape index (κ3) is 1.31. The Morgan fingerprint density at radius 2 is 2.20 bits per heavy atom. The zero-order chi connectivity index (χ0) is 7.56. The highest BCUT2D eigenvalue weighted by Crippen LogP contribution is 2.18. The third-order valence-corrected chi connectivity index (χ3v) is 1.73. The van der Waals surface area contributed by atoms with Crippen LogP contribution in [0, 0.1) is 6.92 Å². The standard InChI is InChI=1S/C8H8ClO/c1-6-3-2-4-8(9)7(6)5-10/h2-4,10H,1,5H2. The van der Waals surface area contributed by atoms with Gasteiger partial charge in [0.05, 0.1) is 6.61 Å². The number of halogens is 1. The number of aliphatic hydroxyl groups excluding tert-OH is 1. The average molecular weight is 156 g/mol. The number of aliphatic hydroxyl groups is 1. The summed E-state index contributed by atoms with van der Waals surface area (Å²) in [4.78, 5) is 0. The summed E-state index contributed by atoms with van der Waals surface area (Å²) in [5, 5.41) is 9.35. The van der Waals surface area contributed by atoms with Crippen LogP contribution < -0.4 is 0 Å². The zero-order valence-corrected chi connectivity index (χ0v) is 6.23. The molecule has 0 spiro atoms. The number of hydrogen-bond acceptors (Lipinski definition) is 1. The van der Waals surface area contributed by atoms with E-state index in [1.807, 2.05) is 12.1 Å². The van der Waals surface area contributed by atoms with Crippen molar-refractivity contribution in [2.45, 2.75) is 6.61 Å². The van der Waals surface area contributed by atoms with E-state index in [0.29, 0.717) is 10.6 Å². The highest BCUT2D eigenvalue weighted by molar-refractivity contribution is 6.31. The van der Waals surface area contributed by atoms with Gasteiger partial charge in [0.2, 0.25) is 0 Å². The molecule has 2 heteroatoms. The van der Waals surface area contributed by atoms with Crippen molar-refractivity contribution < 1.29 is 5.11 Å². The van der Waals surface area contributed by atoms with Crippen molar-refractivity contribution in [3.63, 3.8) is 0 Å². The topological polar surface area (TPSA) is 20.2 Å². The predicted molar refractivity (Wildman–Crippen MR) is 41.8 cm³/mol. The van der Waals surface area contributed by atoms with Crippen molar-refractivity contribution in [2.75, 3.05) is 0 Å². The summed E-state index contributed by atoms with van der Waals surface area (Å²) in [6, 6.07) is 5.36. The second kappa shape index (κ2) is 3.04. The van der Waals surface area contributed by atoms with Gasteiger partial charge < -0.3 is 5.11 Å². The first-order chi connectivity index (χ1) is 4.75. The van der Waals surface area contributed by atoms with Gasteiger partial charge in [-0.25, -0.2) is 0 Å². The molecule has 1 radical (unpaired) electrons. The van der Waals surface area contributed by atoms with E-state index in [1.165, 1.54) is 0 Å². The van der Waals surface area contributed by atoms with Crippen LogP contribution in [0.4, 0.5) is 0 Å². The van der Waals surface area contributed by atoms with Gasteiger partial charge in [-0.1, -0.05) is 23.7 Å². The molecule has 0 unspecified atom stereocenters. The molecular weight excluding hydrogens is 148 g/mol. The van der Waals surface area contributed by atoms with Gasteiger partial charge in [-0.3, -0.25) is 0 Å². The fourth-order valence-electron chi connectivity index (χ4n) is 0.780. The first-order valence-corrected chi connectivity index (χ1v) is 3.33. The molecule has 1 rings (SSSR count). The molecule has 0 atom stereocenters. The lowest BCUT2D eigenvalue weighted by Crippen LogP contribution is -1.88. The molecule has 1 nitrogen and oxygen atoms in total. The van der Waals surface area contributed by atoms with Gasteiger partial charge in [-0.05, 0) is 24.1 Å². The predicted octanol–water partition coefficient (Wildman–Crippen LogP) is 2.01. The van der Waals surface area contributed by atoms with Crippen LogP contribution in [0.1, 0.15) is 11.1 Å². The van der Waals surface area contributed by atoms with Crippen molar-refractivity contribution in [1.82, 2.24) is 0 Å². The smallest absolute Gasteiger partial charge is 0.0699 e. The zero-order valence-electron chi connectivity index (χ0n) is 5.47. The van der Waals surface area contributed by atoms with Gasteiger partial charge in [0.1, 0.15) is 0 Å². The van der Waals surface area contributed by atoms with Gasteiger partial charge >= 0.3 is 0 Å². The summed E-state index contributed by atoms with van der Waals surface area (Å²) < 4.78 is 0. The molecule has 10 heavy (non-hydrogen) atoms. The molecule has 0 aliphatic heterocycles. The maximum atomic E-state index is 8.77. The number of hydrogen-bond donors (Lipinski definition) is 1. The quantitative estimate of drug-likeness (QED) is 0.658. The van der Waals surface area contributed by atoms with E-state index in [4.69, 9.17) is 16.7 Å². The van der Waals surface area contributed by atoms with Crippen LogP contribution >= 0.6 is 11.6 Å². The fourth-order valence-corrected chi connectivity index (χ4v) is 1.03. The summed E-state index contributed by atoms with van der Waals surface area (Å²) >= 11 is 5.73. The summed E-state index contributed by atoms with van der Waals surface area (Å²) in [6.07, 6.45) is 0. The molecule has 0 saturated heterocycles. The average Bonchev–Trinajstić information content (AvgIpc) is 1.88. The molecule has 0 amide bonds. The molecule has 0 heterocycles. The lowest BCUT2D eigenvalue weighted by atomic mass is 10.1. The van der Waals surface area contributed by atoms with E-state index in [0.717, 1.165) is 5.56 Å². The lowest BCUT2D eigenvalue weighted by molar-refractivity contribution is 0.281. The molecule has 0 bridgehead atoms. The van der Waals surface area contributed by atoms with Crippen molar-refractivity contribution >= 4 is 11.6 Å². The van der Waals surface area contributed by atoms with Crippen LogP contribution in [-0.4, -0.2) is 5.11 Å². The van der Waals surface area contributed by atoms with E-state index in [1.54, 1.807) is 6.07 Å². The van der Waals surface area contributed by atoms with Crippen LogP contribution in [0.5, 0.6) is 0 Å². The molecule has 1 aromatic carbocycles. The summed E-state index contributed by atoms with van der Waals surface area (Å²) in [6.45, 7) is 3.66. The first kappa shape index (κ1) is 7.58. The van der Waals surface area contributed by atoms with E-state index in [2.05, 4.69) is 6.92 Å². The van der Waals surface area contributed by atoms with Crippen molar-refractivity contribution in [1.29, 1.82) is 0 Å². The summed E-state index contributed by atoms with van der Waals surface area (Å²) in [5.74, 6) is 0. The van der Waals surface area contributed by atoms with Gasteiger partial charge in [-0.2, -0.15) is 0 Å². The molecule has 0 aliphatic carbocycles. The van der Waals surface area contributed by atoms with Gasteiger partial charge in [0, 0.05) is 5.02 Å². The van der Waals surface area contributed by atoms with E-state index >= 15 is 0 Å². The largest absolute Gasteiger partial charge is 0.392 e. The number of benzene rings is 1. The lowest BCUT2D eigenvalue weighted by Gasteiger charge is -2.02. The van der Waals surface area contributed by atoms with Gasteiger partial charge in [0.15, 0.2) is 0 Å². The van der Waals surface area contributed by atoms with Crippen LogP contribution in [0.25, 0.3) is 0 Å². The Morgan fingerprint density at radius 3 is 2.60 bits per heavy atom. The SMILES string of the molecule is [CH2]c1cccc(Cl)c1CO. The van der Waals surface area contributed by atoms with E-state index in [9.17, 15) is 0 Å². The molecule has 0 fully saturated rings. The summed E-state index contributed by atoms with van der Waals surface area (Å²) in [7, 11) is 0. The highest BCUT2D eigenvalue weighted by Gasteiger charge is 1.99. The Balaban J connectivity index is 3.17. The van der Waals surface area contributed by atoms with Crippen molar-refractivity contribution in [3.8, 4) is 0 Å². The Hall–Kier alpha value is -0.530. The van der Waals surface area contributed by atoms with Gasteiger partial charge in [-0.15, -0.1) is 0 Å². The maximum absolute atomic E-state index is 8.77. The minimum Gasteiger partial charge on any atom is -0.392 e. The summed E-state index contributed by atoms with van der Waals surface area (Å²) in [5.41, 5.74) is 1.50. The molecule has 1 aromatic rings. The van der Waals surface area contributed by atoms with E-state index < -0.39 is 0 Å². The molecule has 53 valence electrons. The minimum atomic E-state index is -0.0431. The van der Waals surface area contributed by atoms with Crippen LogP contribution in [0.2, 0.25) is 5.02 Å². The van der Waals surface area contributed by atoms with E-state index in [-0.39, 0.29) is 6.61 Å². The first-order valence-electron chi connectivity index (χ1n) is 2.96. The molecule has 0 saturated carbocycles. The highest BCUT2D eigenvalue weighted by atomic mass is 35.5. The molecule has 0 aliphatic rings. The van der Waals surface area contributed by atoms with Gasteiger partial charge in [0.25, 0.3) is 0 Å². The Kier molecular flexibility index (Phi) is 2.30. The normalized spacial score (nSPS) is 9.90. The Morgan fingerprint density at radius 1 is 1.50 bits per heavy atom. The monoisotopic (exact) mass is 155 g/mol. The minimum absolute atomic E-state index is 0.0431. The molecular formula is C8H8ClO. The van der Waals surface area contributed by atoms with Crippen molar-refractivity contribution in [3.05, 3.63) is 41.3 Å². The maximum Gasteiger partial charge on any atom is 0.0699 e. The van der Waals surface area contributed by atoms with Crippen LogP contribution in [-0.2, 0) is 6.61 Å². The number of rotatable bonds is 1. The second-order valence-corrected chi connectivity index (χ2v) is 2.44. The second-order valence-electron chi connectivity index (χ2n) is 2.04. The van der Waals surface area contributed by atoms with Crippen molar-refractivity contribution in [2.24, 2.45) is 0 Å². The molecule has 1 N–H and O–H groups in total.